The van der Waals surface area contributed by atoms with Crippen LogP contribution in [0.5, 0.6) is 5.75 Å². The lowest BCUT2D eigenvalue weighted by atomic mass is 9.99. The number of nitrogens with one attached hydrogen (secondary N) is 1. The second kappa shape index (κ2) is 7.41. The first-order chi connectivity index (χ1) is 9.74. The van der Waals surface area contributed by atoms with Gasteiger partial charge in [0.25, 0.3) is 0 Å². The normalized spacial score (nSPS) is 12.2. The van der Waals surface area contributed by atoms with E-state index in [1.165, 1.54) is 11.1 Å². The molecule has 1 aromatic carbocycles. The number of benzene rings is 1. The van der Waals surface area contributed by atoms with Crippen LogP contribution < -0.4 is 10.1 Å². The van der Waals surface area contributed by atoms with Crippen molar-refractivity contribution in [3.05, 3.63) is 58.3 Å². The molecule has 0 bridgehead atoms. The molecule has 0 aliphatic heterocycles. The molecule has 1 unspecified atom stereocenters. The topological polar surface area (TPSA) is 34.2 Å². The molecule has 0 spiro atoms. The fourth-order valence-electron chi connectivity index (χ4n) is 2.30. The molecular weight excluding hydrogens is 316 g/mol. The van der Waals surface area contributed by atoms with Gasteiger partial charge < -0.3 is 10.1 Å². The Kier molecular flexibility index (Phi) is 5.56. The van der Waals surface area contributed by atoms with Gasteiger partial charge in [-0.1, -0.05) is 25.1 Å². The number of hydrogen-bond acceptors (Lipinski definition) is 3. The van der Waals surface area contributed by atoms with Crippen LogP contribution in [-0.4, -0.2) is 18.6 Å². The van der Waals surface area contributed by atoms with E-state index in [9.17, 15) is 0 Å². The van der Waals surface area contributed by atoms with E-state index >= 15 is 0 Å². The summed E-state index contributed by atoms with van der Waals surface area (Å²) < 4.78 is 6.47. The number of halogens is 1. The van der Waals surface area contributed by atoms with Gasteiger partial charge in [-0.15, -0.1) is 0 Å². The average molecular weight is 335 g/mol. The average Bonchev–Trinajstić information content (AvgIpc) is 2.47. The molecule has 3 nitrogen and oxygen atoms in total. The Morgan fingerprint density at radius 2 is 2.10 bits per heavy atom. The van der Waals surface area contributed by atoms with Crippen LogP contribution in [0.3, 0.4) is 0 Å². The highest BCUT2D eigenvalue weighted by Gasteiger charge is 2.15. The van der Waals surface area contributed by atoms with Crippen LogP contribution in [0.25, 0.3) is 0 Å². The molecule has 20 heavy (non-hydrogen) atoms. The summed E-state index contributed by atoms with van der Waals surface area (Å²) in [6, 6.07) is 10.5. The maximum absolute atomic E-state index is 5.47. The first-order valence-electron chi connectivity index (χ1n) is 6.70. The lowest BCUT2D eigenvalue weighted by Gasteiger charge is -2.20. The van der Waals surface area contributed by atoms with E-state index < -0.39 is 0 Å². The molecule has 106 valence electrons. The van der Waals surface area contributed by atoms with Gasteiger partial charge in [-0.3, -0.25) is 4.98 Å². The van der Waals surface area contributed by atoms with Crippen LogP contribution in [0.2, 0.25) is 0 Å². The minimum atomic E-state index is 0.215. The lowest BCUT2D eigenvalue weighted by Crippen LogP contribution is -2.23. The highest BCUT2D eigenvalue weighted by molar-refractivity contribution is 9.10. The van der Waals surface area contributed by atoms with Crippen LogP contribution in [0, 0.1) is 0 Å². The first kappa shape index (κ1) is 15.0. The van der Waals surface area contributed by atoms with Gasteiger partial charge in [-0.05, 0) is 46.6 Å². The molecule has 0 aliphatic rings. The molecule has 0 saturated heterocycles. The molecule has 1 N–H and O–H groups in total. The Morgan fingerprint density at radius 1 is 1.30 bits per heavy atom. The van der Waals surface area contributed by atoms with Crippen LogP contribution in [0.4, 0.5) is 0 Å². The van der Waals surface area contributed by atoms with Gasteiger partial charge in [0.2, 0.25) is 0 Å². The SMILES string of the molecule is CCNC(Cc1cncc(Br)c1)c1ccccc1OC. The van der Waals surface area contributed by atoms with Gasteiger partial charge in [0.1, 0.15) is 5.75 Å². The van der Waals surface area contributed by atoms with Gasteiger partial charge in [0.15, 0.2) is 0 Å². The number of likely N-dealkylation sites (N-methyl/N-ethyl adjacent to an activating group) is 1. The molecule has 4 heteroatoms. The summed E-state index contributed by atoms with van der Waals surface area (Å²) in [6.45, 7) is 3.02. The zero-order valence-corrected chi connectivity index (χ0v) is 13.4. The fraction of sp³-hybridized carbons (Fsp3) is 0.312. The minimum absolute atomic E-state index is 0.215. The van der Waals surface area contributed by atoms with Crippen molar-refractivity contribution in [2.75, 3.05) is 13.7 Å². The van der Waals surface area contributed by atoms with Crippen LogP contribution in [0.1, 0.15) is 24.1 Å². The molecular formula is C16H19BrN2O. The van der Waals surface area contributed by atoms with Crippen molar-refractivity contribution in [1.29, 1.82) is 0 Å². The third-order valence-electron chi connectivity index (χ3n) is 3.17. The van der Waals surface area contributed by atoms with Gasteiger partial charge in [-0.25, -0.2) is 0 Å². The standard InChI is InChI=1S/C16H19BrN2O/c1-3-19-15(9-12-8-13(17)11-18-10-12)14-6-4-5-7-16(14)20-2/h4-8,10-11,15,19H,3,9H2,1-2H3. The van der Waals surface area contributed by atoms with Crippen molar-refractivity contribution < 1.29 is 4.74 Å². The number of rotatable bonds is 6. The Morgan fingerprint density at radius 3 is 2.80 bits per heavy atom. The van der Waals surface area contributed by atoms with E-state index in [0.29, 0.717) is 0 Å². The summed E-state index contributed by atoms with van der Waals surface area (Å²) in [5, 5.41) is 3.52. The first-order valence-corrected chi connectivity index (χ1v) is 7.49. The quantitative estimate of drug-likeness (QED) is 0.873. The highest BCUT2D eigenvalue weighted by atomic mass is 79.9. The summed E-state index contributed by atoms with van der Waals surface area (Å²) in [7, 11) is 1.71. The Labute approximate surface area is 128 Å². The van der Waals surface area contributed by atoms with Crippen molar-refractivity contribution in [2.24, 2.45) is 0 Å². The smallest absolute Gasteiger partial charge is 0.123 e. The highest BCUT2D eigenvalue weighted by Crippen LogP contribution is 2.27. The number of aromatic nitrogens is 1. The Balaban J connectivity index is 2.26. The molecule has 0 saturated carbocycles. The fourth-order valence-corrected chi connectivity index (χ4v) is 2.71. The monoisotopic (exact) mass is 334 g/mol. The van der Waals surface area contributed by atoms with Crippen molar-refractivity contribution >= 4 is 15.9 Å². The van der Waals surface area contributed by atoms with Crippen molar-refractivity contribution in [2.45, 2.75) is 19.4 Å². The van der Waals surface area contributed by atoms with E-state index in [2.05, 4.69) is 45.3 Å². The Hall–Kier alpha value is -1.39. The second-order valence-corrected chi connectivity index (χ2v) is 5.48. The van der Waals surface area contributed by atoms with Gasteiger partial charge in [0.05, 0.1) is 7.11 Å². The van der Waals surface area contributed by atoms with Crippen molar-refractivity contribution in [3.8, 4) is 5.75 Å². The predicted octanol–water partition coefficient (Wildman–Crippen LogP) is 3.75. The molecule has 2 rings (SSSR count). The van der Waals surface area contributed by atoms with E-state index in [-0.39, 0.29) is 6.04 Å². The third kappa shape index (κ3) is 3.81. The maximum atomic E-state index is 5.47. The summed E-state index contributed by atoms with van der Waals surface area (Å²) >= 11 is 3.47. The zero-order chi connectivity index (χ0) is 14.4. The van der Waals surface area contributed by atoms with Crippen LogP contribution in [-0.2, 0) is 6.42 Å². The number of nitrogens with zero attached hydrogens (tertiary/aromatic N) is 1. The van der Waals surface area contributed by atoms with Crippen molar-refractivity contribution in [3.63, 3.8) is 0 Å². The molecule has 1 heterocycles. The molecule has 0 aliphatic carbocycles. The second-order valence-electron chi connectivity index (χ2n) is 4.57. The summed E-state index contributed by atoms with van der Waals surface area (Å²) in [5.74, 6) is 0.918. The summed E-state index contributed by atoms with van der Waals surface area (Å²) in [4.78, 5) is 4.23. The summed E-state index contributed by atoms with van der Waals surface area (Å²) in [5.41, 5.74) is 2.37. The number of pyridine rings is 1. The zero-order valence-electron chi connectivity index (χ0n) is 11.8. The van der Waals surface area contributed by atoms with Crippen LogP contribution in [0.15, 0.2) is 47.2 Å². The van der Waals surface area contributed by atoms with E-state index in [1.807, 2.05) is 24.4 Å². The maximum Gasteiger partial charge on any atom is 0.123 e. The van der Waals surface area contributed by atoms with E-state index in [0.717, 1.165) is 23.2 Å². The third-order valence-corrected chi connectivity index (χ3v) is 3.60. The molecule has 1 aromatic heterocycles. The number of hydrogen-bond donors (Lipinski definition) is 1. The number of ether oxygens (including phenoxy) is 1. The largest absolute Gasteiger partial charge is 0.496 e. The predicted molar refractivity (Wildman–Crippen MR) is 85.1 cm³/mol. The van der Waals surface area contributed by atoms with Gasteiger partial charge >= 0.3 is 0 Å². The number of methoxy groups -OCH3 is 1. The minimum Gasteiger partial charge on any atom is -0.496 e. The van der Waals surface area contributed by atoms with Gasteiger partial charge in [-0.2, -0.15) is 0 Å². The molecule has 0 fully saturated rings. The van der Waals surface area contributed by atoms with E-state index in [1.54, 1.807) is 13.3 Å². The Bertz CT molecular complexity index is 560. The van der Waals surface area contributed by atoms with E-state index in [4.69, 9.17) is 4.74 Å². The van der Waals surface area contributed by atoms with Crippen molar-refractivity contribution in [1.82, 2.24) is 10.3 Å². The molecule has 0 radical (unpaired) electrons. The number of para-hydroxylation sites is 1. The molecule has 2 aromatic rings. The van der Waals surface area contributed by atoms with Crippen LogP contribution >= 0.6 is 15.9 Å². The summed E-state index contributed by atoms with van der Waals surface area (Å²) in [6.07, 6.45) is 4.58. The molecule has 0 amide bonds. The molecule has 1 atom stereocenters. The van der Waals surface area contributed by atoms with Gasteiger partial charge in [0, 0.05) is 28.5 Å². The lowest BCUT2D eigenvalue weighted by molar-refractivity contribution is 0.399.